The van der Waals surface area contributed by atoms with E-state index in [1.54, 1.807) is 19.5 Å². The van der Waals surface area contributed by atoms with Crippen molar-refractivity contribution in [3.63, 3.8) is 0 Å². The lowest BCUT2D eigenvalue weighted by molar-refractivity contribution is 0.0690. The molecular formula is C12H19N3O3. The molecule has 0 saturated heterocycles. The van der Waals surface area contributed by atoms with Gasteiger partial charge in [-0.3, -0.25) is 4.79 Å². The van der Waals surface area contributed by atoms with E-state index in [0.29, 0.717) is 26.4 Å². The fourth-order valence-electron chi connectivity index (χ4n) is 1.21. The summed E-state index contributed by atoms with van der Waals surface area (Å²) in [4.78, 5) is 19.6. The lowest BCUT2D eigenvalue weighted by atomic mass is 10.3. The molecule has 0 fully saturated rings. The van der Waals surface area contributed by atoms with Crippen LogP contribution in [0.5, 0.6) is 0 Å². The summed E-state index contributed by atoms with van der Waals surface area (Å²) in [5.41, 5.74) is 1.01. The summed E-state index contributed by atoms with van der Waals surface area (Å²) >= 11 is 0. The van der Waals surface area contributed by atoms with Gasteiger partial charge in [-0.15, -0.1) is 0 Å². The topological polar surface area (TPSA) is 73.3 Å². The smallest absolute Gasteiger partial charge is 0.289 e. The second kappa shape index (κ2) is 8.54. The van der Waals surface area contributed by atoms with E-state index >= 15 is 0 Å². The molecule has 0 aromatic carbocycles. The number of amides is 1. The van der Waals surface area contributed by atoms with Crippen molar-refractivity contribution in [1.82, 2.24) is 15.3 Å². The largest absolute Gasteiger partial charge is 0.382 e. The van der Waals surface area contributed by atoms with Crippen molar-refractivity contribution in [2.45, 2.75) is 13.3 Å². The molecule has 1 aromatic rings. The van der Waals surface area contributed by atoms with Crippen LogP contribution in [-0.2, 0) is 15.9 Å². The van der Waals surface area contributed by atoms with Gasteiger partial charge in [0, 0.05) is 26.0 Å². The Labute approximate surface area is 107 Å². The van der Waals surface area contributed by atoms with Crippen LogP contribution in [0.25, 0.3) is 0 Å². The minimum atomic E-state index is -0.284. The maximum atomic E-state index is 11.6. The quantitative estimate of drug-likeness (QED) is 0.680. The van der Waals surface area contributed by atoms with Gasteiger partial charge in [0.1, 0.15) is 0 Å². The second-order valence-electron chi connectivity index (χ2n) is 3.63. The van der Waals surface area contributed by atoms with Crippen molar-refractivity contribution < 1.29 is 14.3 Å². The summed E-state index contributed by atoms with van der Waals surface area (Å²) in [6.07, 6.45) is 4.18. The van der Waals surface area contributed by atoms with Crippen molar-refractivity contribution in [3.8, 4) is 0 Å². The number of carbonyl (C=O) groups is 1. The molecule has 0 atom stereocenters. The number of carbonyl (C=O) groups excluding carboxylic acids is 1. The highest BCUT2D eigenvalue weighted by atomic mass is 16.5. The van der Waals surface area contributed by atoms with Crippen LogP contribution in [0, 0.1) is 0 Å². The predicted octanol–water partition coefficient (Wildman–Crippen LogP) is 0.432. The molecule has 1 aromatic heterocycles. The van der Waals surface area contributed by atoms with Crippen LogP contribution in [-0.4, -0.2) is 49.4 Å². The summed E-state index contributed by atoms with van der Waals surface area (Å²) in [7, 11) is 1.61. The number of nitrogens with zero attached hydrogens (tertiary/aromatic N) is 2. The average molecular weight is 253 g/mol. The van der Waals surface area contributed by atoms with Crippen LogP contribution in [0.2, 0.25) is 0 Å². The van der Waals surface area contributed by atoms with Crippen molar-refractivity contribution in [2.24, 2.45) is 0 Å². The number of aryl methyl sites for hydroxylation is 1. The maximum Gasteiger partial charge on any atom is 0.289 e. The Morgan fingerprint density at radius 1 is 1.28 bits per heavy atom. The first-order valence-electron chi connectivity index (χ1n) is 5.93. The third kappa shape index (κ3) is 5.20. The Kier molecular flexibility index (Phi) is 6.90. The van der Waals surface area contributed by atoms with Gasteiger partial charge in [-0.1, -0.05) is 6.92 Å². The molecule has 1 rings (SSSR count). The highest BCUT2D eigenvalue weighted by Crippen LogP contribution is 1.96. The van der Waals surface area contributed by atoms with Gasteiger partial charge in [0.05, 0.1) is 19.8 Å². The van der Waals surface area contributed by atoms with E-state index in [-0.39, 0.29) is 11.7 Å². The van der Waals surface area contributed by atoms with Crippen LogP contribution in [0.4, 0.5) is 0 Å². The van der Waals surface area contributed by atoms with Gasteiger partial charge in [0.15, 0.2) is 0 Å². The van der Waals surface area contributed by atoms with E-state index in [1.165, 1.54) is 0 Å². The van der Waals surface area contributed by atoms with E-state index in [4.69, 9.17) is 9.47 Å². The first-order valence-corrected chi connectivity index (χ1v) is 5.93. The predicted molar refractivity (Wildman–Crippen MR) is 66.4 cm³/mol. The number of hydrogen-bond donors (Lipinski definition) is 1. The minimum absolute atomic E-state index is 0.184. The molecule has 0 radical (unpaired) electrons. The highest BCUT2D eigenvalue weighted by molar-refractivity contribution is 5.90. The summed E-state index contributed by atoms with van der Waals surface area (Å²) in [6, 6.07) is 0. The zero-order valence-electron chi connectivity index (χ0n) is 10.8. The number of rotatable bonds is 8. The molecule has 0 saturated carbocycles. The van der Waals surface area contributed by atoms with Gasteiger partial charge in [0.25, 0.3) is 5.91 Å². The van der Waals surface area contributed by atoms with Crippen LogP contribution in [0.1, 0.15) is 23.1 Å². The standard InChI is InChI=1S/C12H19N3O3/c1-3-10-8-14-11(15-9-10)12(16)13-4-5-18-7-6-17-2/h8-9H,3-7H2,1-2H3,(H,13,16). The Balaban J connectivity index is 2.23. The first kappa shape index (κ1) is 14.5. The summed E-state index contributed by atoms with van der Waals surface area (Å²) < 4.78 is 10.0. The summed E-state index contributed by atoms with van der Waals surface area (Å²) in [5, 5.41) is 2.68. The van der Waals surface area contributed by atoms with Crippen molar-refractivity contribution in [2.75, 3.05) is 33.5 Å². The zero-order valence-corrected chi connectivity index (χ0v) is 10.8. The van der Waals surface area contributed by atoms with E-state index in [9.17, 15) is 4.79 Å². The Hall–Kier alpha value is -1.53. The number of nitrogens with one attached hydrogen (secondary N) is 1. The SMILES string of the molecule is CCc1cnc(C(=O)NCCOCCOC)nc1. The molecule has 0 unspecified atom stereocenters. The highest BCUT2D eigenvalue weighted by Gasteiger charge is 2.07. The lowest BCUT2D eigenvalue weighted by Crippen LogP contribution is -2.29. The summed E-state index contributed by atoms with van der Waals surface area (Å²) in [5.74, 6) is -0.0999. The van der Waals surface area contributed by atoms with E-state index in [0.717, 1.165) is 12.0 Å². The Morgan fingerprint density at radius 2 is 2.00 bits per heavy atom. The van der Waals surface area contributed by atoms with Crippen molar-refractivity contribution >= 4 is 5.91 Å². The molecule has 1 amide bonds. The van der Waals surface area contributed by atoms with Crippen LogP contribution in [0.15, 0.2) is 12.4 Å². The first-order chi connectivity index (χ1) is 8.77. The number of methoxy groups -OCH3 is 1. The molecule has 100 valence electrons. The third-order valence-electron chi connectivity index (χ3n) is 2.28. The molecule has 1 heterocycles. The molecule has 0 aliphatic rings. The maximum absolute atomic E-state index is 11.6. The van der Waals surface area contributed by atoms with Gasteiger partial charge in [-0.25, -0.2) is 9.97 Å². The van der Waals surface area contributed by atoms with Crippen molar-refractivity contribution in [3.05, 3.63) is 23.8 Å². The second-order valence-corrected chi connectivity index (χ2v) is 3.63. The molecule has 0 aliphatic carbocycles. The lowest BCUT2D eigenvalue weighted by Gasteiger charge is -2.05. The molecule has 18 heavy (non-hydrogen) atoms. The molecular weight excluding hydrogens is 234 g/mol. The van der Waals surface area contributed by atoms with Gasteiger partial charge >= 0.3 is 0 Å². The zero-order chi connectivity index (χ0) is 13.2. The Bertz CT molecular complexity index is 354. The van der Waals surface area contributed by atoms with Gasteiger partial charge < -0.3 is 14.8 Å². The van der Waals surface area contributed by atoms with Crippen LogP contribution < -0.4 is 5.32 Å². The van der Waals surface area contributed by atoms with E-state index in [2.05, 4.69) is 15.3 Å². The number of aromatic nitrogens is 2. The van der Waals surface area contributed by atoms with Crippen LogP contribution >= 0.6 is 0 Å². The molecule has 0 spiro atoms. The van der Waals surface area contributed by atoms with Gasteiger partial charge in [-0.2, -0.15) is 0 Å². The van der Waals surface area contributed by atoms with E-state index < -0.39 is 0 Å². The number of hydrogen-bond acceptors (Lipinski definition) is 5. The van der Waals surface area contributed by atoms with Crippen LogP contribution in [0.3, 0.4) is 0 Å². The monoisotopic (exact) mass is 253 g/mol. The minimum Gasteiger partial charge on any atom is -0.382 e. The molecule has 0 bridgehead atoms. The normalized spacial score (nSPS) is 10.3. The molecule has 6 nitrogen and oxygen atoms in total. The summed E-state index contributed by atoms with van der Waals surface area (Å²) in [6.45, 7) is 3.96. The number of ether oxygens (including phenoxy) is 2. The fraction of sp³-hybridized carbons (Fsp3) is 0.583. The fourth-order valence-corrected chi connectivity index (χ4v) is 1.21. The van der Waals surface area contributed by atoms with Gasteiger partial charge in [-0.05, 0) is 12.0 Å². The molecule has 0 aliphatic heterocycles. The van der Waals surface area contributed by atoms with Crippen molar-refractivity contribution in [1.29, 1.82) is 0 Å². The Morgan fingerprint density at radius 3 is 2.61 bits per heavy atom. The molecule has 1 N–H and O–H groups in total. The average Bonchev–Trinajstić information content (AvgIpc) is 2.42. The molecule has 6 heteroatoms. The van der Waals surface area contributed by atoms with Gasteiger partial charge in [0.2, 0.25) is 5.82 Å². The third-order valence-corrected chi connectivity index (χ3v) is 2.28. The van der Waals surface area contributed by atoms with E-state index in [1.807, 2.05) is 6.92 Å².